The van der Waals surface area contributed by atoms with Crippen LogP contribution in [0.5, 0.6) is 0 Å². The number of benzene rings is 6. The Morgan fingerprint density at radius 1 is 0.421 bits per heavy atom. The molecule has 3 unspecified atom stereocenters. The number of Topliss-reactive ketones (excluding diaryl/α,β-unsaturated/α-hetero) is 1. The lowest BCUT2D eigenvalue weighted by atomic mass is 9.85. The first-order valence-corrected chi connectivity index (χ1v) is 45.7. The third-order valence-corrected chi connectivity index (χ3v) is 26.5. The molecule has 6 aromatic rings. The summed E-state index contributed by atoms with van der Waals surface area (Å²) in [6, 6.07) is 32.0. The highest BCUT2D eigenvalue weighted by molar-refractivity contribution is 7.91. The van der Waals surface area contributed by atoms with Crippen LogP contribution in [-0.4, -0.2) is 249 Å². The van der Waals surface area contributed by atoms with Gasteiger partial charge in [-0.25, -0.2) is 39.6 Å². The van der Waals surface area contributed by atoms with Crippen LogP contribution in [0.25, 0.3) is 0 Å². The number of likely N-dealkylation sites (N-methyl/N-ethyl adjacent to an activating group) is 3. The molecular weight excluding hydrogens is 1760 g/mol. The Bertz CT molecular complexity index is 4710. The van der Waals surface area contributed by atoms with Crippen molar-refractivity contribution in [1.29, 1.82) is 0 Å². The van der Waals surface area contributed by atoms with Crippen molar-refractivity contribution in [2.24, 2.45) is 5.73 Å². The highest BCUT2D eigenvalue weighted by Crippen LogP contribution is 2.42. The minimum absolute atomic E-state index is 0. The number of fused-ring (bicyclic) bond motifs is 3. The maximum atomic E-state index is 13.0. The second kappa shape index (κ2) is 47.8. The van der Waals surface area contributed by atoms with Gasteiger partial charge >= 0.3 is 11.9 Å². The van der Waals surface area contributed by atoms with Crippen molar-refractivity contribution in [3.8, 4) is 0 Å². The molecule has 660 valence electrons. The Morgan fingerprint density at radius 2 is 0.736 bits per heavy atom. The van der Waals surface area contributed by atoms with Gasteiger partial charge in [0.25, 0.3) is 29.5 Å². The fraction of sp³-hybridized carbons (Fsp3) is 0.463. The number of nitrogens with one attached hydrogen (secondary N) is 2. The lowest BCUT2D eigenvalue weighted by Crippen LogP contribution is -2.39. The molecule has 5 aliphatic heterocycles. The number of halogens is 6. The second-order valence-electron chi connectivity index (χ2n) is 28.7. The van der Waals surface area contributed by atoms with Gasteiger partial charge in [0.15, 0.2) is 19.7 Å². The molecule has 11 rings (SSSR count). The fourth-order valence-electron chi connectivity index (χ4n) is 13.7. The highest BCUT2D eigenvalue weighted by Gasteiger charge is 2.40. The summed E-state index contributed by atoms with van der Waals surface area (Å²) < 4.78 is 112. The van der Waals surface area contributed by atoms with Gasteiger partial charge in [0.05, 0.1) is 85.7 Å². The van der Waals surface area contributed by atoms with Gasteiger partial charge in [0, 0.05) is 159 Å². The van der Waals surface area contributed by atoms with Crippen molar-refractivity contribution in [3.63, 3.8) is 0 Å². The topological polar surface area (TPSA) is 379 Å². The van der Waals surface area contributed by atoms with E-state index in [9.17, 15) is 63.6 Å². The summed E-state index contributed by atoms with van der Waals surface area (Å²) in [7, 11) is -4.56. The first kappa shape index (κ1) is 99.3. The number of hydrogen-bond donors (Lipinski definition) is 3. The molecule has 6 aromatic carbocycles. The average Bonchev–Trinajstić information content (AvgIpc) is 1.63. The van der Waals surface area contributed by atoms with E-state index in [0.717, 1.165) is 76.3 Å². The van der Waals surface area contributed by atoms with Crippen LogP contribution in [0.15, 0.2) is 124 Å². The first-order valence-electron chi connectivity index (χ1n) is 38.6. The van der Waals surface area contributed by atoms with E-state index in [-0.39, 0.29) is 155 Å². The van der Waals surface area contributed by atoms with E-state index in [0.29, 0.717) is 100 Å². The number of ether oxygens (including phenoxy) is 6. The number of carbonyl (C=O) groups is 8. The van der Waals surface area contributed by atoms with Crippen LogP contribution >= 0.6 is 69.6 Å². The van der Waals surface area contributed by atoms with E-state index in [1.165, 1.54) is 0 Å². The standard InChI is InChI=1S/C48H58Cl4N4O10S2.C23H30Cl2N2O4S.C10H8N2O8.CH4/c1-55-29-41(39-25-35(49)27-45(51)43(39)31-55)33-6-10-37(11-7-33)67(59,60)24-4-17-64-21-22-65-18-14-53-48(58)47(57)5-3-16-63-20-23-66-19-15-54-68(61,62)38-12-8-34(9-13-38)42-30-56(2)32-44-40(42)26-36(50)28-46(44)52;1-27-15-21(20-13-18(24)14-23(25)22(20)16-27)17-3-5-19(6-4-17)32(28,29)12-2-8-30-10-11-31-9-7-26;13-5-1-2-6(14)11(5)19-9(17)10(18)20-12-7(15)3-4-8(12)16;/h6-13,25-28,41-42,54H,3-5,14-24,29-32H2,1-2H3,(H,53,58);3-6,13-14,21H,2,7-12,15-16,26H2,1H3;1-4H2;1H4. The third-order valence-electron chi connectivity index (χ3n) is 19.7. The number of imide groups is 2. The van der Waals surface area contributed by atoms with Gasteiger partial charge in [0.2, 0.25) is 15.8 Å². The van der Waals surface area contributed by atoms with Gasteiger partial charge in [-0.15, -0.1) is 10.1 Å². The molecule has 30 nitrogen and oxygen atoms in total. The van der Waals surface area contributed by atoms with Gasteiger partial charge in [-0.2, -0.15) is 0 Å². The van der Waals surface area contributed by atoms with Gasteiger partial charge < -0.3 is 63.8 Å². The van der Waals surface area contributed by atoms with E-state index in [1.54, 1.807) is 54.6 Å². The molecule has 121 heavy (non-hydrogen) atoms. The Morgan fingerprint density at radius 3 is 1.08 bits per heavy atom. The van der Waals surface area contributed by atoms with Crippen LogP contribution in [0.3, 0.4) is 0 Å². The minimum atomic E-state index is -3.76. The third kappa shape index (κ3) is 29.2. The maximum Gasteiger partial charge on any atom is 0.444 e. The van der Waals surface area contributed by atoms with Crippen molar-refractivity contribution in [2.45, 2.75) is 111 Å². The van der Waals surface area contributed by atoms with E-state index in [1.807, 2.05) is 75.7 Å². The number of carbonyl (C=O) groups excluding carboxylic acids is 8. The number of rotatable bonds is 39. The molecule has 0 aliphatic carbocycles. The molecule has 2 fully saturated rings. The molecule has 5 amide bonds. The molecule has 0 radical (unpaired) electrons. The van der Waals surface area contributed by atoms with Gasteiger partial charge in [-0.3, -0.25) is 28.8 Å². The lowest BCUT2D eigenvalue weighted by molar-refractivity contribution is -0.215. The summed E-state index contributed by atoms with van der Waals surface area (Å²) in [6.07, 6.45) is 0.559. The fourth-order valence-corrected chi connectivity index (χ4v) is 19.0. The summed E-state index contributed by atoms with van der Waals surface area (Å²) in [5, 5.41) is 6.48. The molecule has 5 heterocycles. The zero-order chi connectivity index (χ0) is 86.8. The maximum absolute atomic E-state index is 13.0. The molecule has 39 heteroatoms. The minimum Gasteiger partial charge on any atom is -0.379 e. The van der Waals surface area contributed by atoms with Crippen LogP contribution < -0.4 is 15.8 Å². The van der Waals surface area contributed by atoms with E-state index in [4.69, 9.17) is 104 Å². The monoisotopic (exact) mass is 1850 g/mol. The molecular formula is C82H100Cl6N8O22S3. The molecule has 0 bridgehead atoms. The molecule has 5 aliphatic rings. The zero-order valence-electron chi connectivity index (χ0n) is 66.3. The number of amides is 5. The van der Waals surface area contributed by atoms with Crippen molar-refractivity contribution in [1.82, 2.24) is 34.9 Å². The predicted octanol–water partition coefficient (Wildman–Crippen LogP) is 9.69. The van der Waals surface area contributed by atoms with E-state index >= 15 is 0 Å². The highest BCUT2D eigenvalue weighted by atomic mass is 35.5. The summed E-state index contributed by atoms with van der Waals surface area (Å²) in [5.41, 5.74) is 14.6. The molecule has 3 atom stereocenters. The number of ketones is 1. The zero-order valence-corrected chi connectivity index (χ0v) is 73.3. The van der Waals surface area contributed by atoms with Crippen LogP contribution in [0.1, 0.15) is 127 Å². The Hall–Kier alpha value is -7.17. The molecule has 0 spiro atoms. The van der Waals surface area contributed by atoms with Crippen LogP contribution in [-0.2, 0) is 126 Å². The average molecular weight is 1860 g/mol. The van der Waals surface area contributed by atoms with Crippen LogP contribution in [0.2, 0.25) is 30.1 Å². The Balaban J connectivity index is 0.000000280. The van der Waals surface area contributed by atoms with Crippen molar-refractivity contribution >= 4 is 147 Å². The van der Waals surface area contributed by atoms with Gasteiger partial charge in [-0.1, -0.05) is 113 Å². The second-order valence-corrected chi connectivity index (χ2v) is 37.2. The van der Waals surface area contributed by atoms with Gasteiger partial charge in [0.1, 0.15) is 0 Å². The predicted molar refractivity (Wildman–Crippen MR) is 454 cm³/mol. The lowest BCUT2D eigenvalue weighted by Gasteiger charge is -2.33. The SMILES string of the molecule is C.CN1Cc2c(Cl)cc(Cl)cc2C(c2ccc(S(=O)(=O)CCCOCCOCCN)cc2)C1.CN1Cc2c(Cl)cc(Cl)cc2C(c2ccc(S(=O)(=O)CCCOCCOCCNC(=O)C(=O)CCCOCCOCCNS(=O)(=O)c3ccc(C4CN(C)Cc5c(Cl)cc(Cl)cc54)cc3)cc2)C1.O=C(ON1C(=O)CCC1=O)C(=O)ON1C(=O)CCC1=O. The normalized spacial score (nSPS) is 16.9. The van der Waals surface area contributed by atoms with E-state index in [2.05, 4.69) is 34.4 Å². The number of nitrogens with two attached hydrogens (primary N) is 1. The van der Waals surface area contributed by atoms with Crippen molar-refractivity contribution in [2.75, 3.05) is 151 Å². The number of nitrogens with zero attached hydrogens (tertiary/aromatic N) is 5. The summed E-state index contributed by atoms with van der Waals surface area (Å²) in [4.78, 5) is 107. The summed E-state index contributed by atoms with van der Waals surface area (Å²) in [6.45, 7) is 8.67. The molecule has 0 aromatic heterocycles. The molecule has 4 N–H and O–H groups in total. The number of sulfonamides is 1. The van der Waals surface area contributed by atoms with E-state index < -0.39 is 77.0 Å². The van der Waals surface area contributed by atoms with Gasteiger partial charge in [-0.05, 0) is 163 Å². The summed E-state index contributed by atoms with van der Waals surface area (Å²) >= 11 is 38.3. The number of hydroxylamine groups is 4. The number of hydrogen-bond acceptors (Lipinski definition) is 26. The quantitative estimate of drug-likeness (QED) is 0.0183. The van der Waals surface area contributed by atoms with Crippen molar-refractivity contribution < 1.29 is 102 Å². The molecule has 2 saturated heterocycles. The van der Waals surface area contributed by atoms with Crippen LogP contribution in [0, 0.1) is 0 Å². The smallest absolute Gasteiger partial charge is 0.379 e. The number of sulfone groups is 2. The van der Waals surface area contributed by atoms with Crippen LogP contribution in [0.4, 0.5) is 0 Å². The van der Waals surface area contributed by atoms with Crippen molar-refractivity contribution in [3.05, 3.63) is 189 Å². The molecule has 0 saturated carbocycles. The first-order chi connectivity index (χ1) is 57.2. The Labute approximate surface area is 735 Å². The summed E-state index contributed by atoms with van der Waals surface area (Å²) in [5.74, 6) is -7.67. The largest absolute Gasteiger partial charge is 0.444 e. The Kier molecular flexibility index (Phi) is 39.2.